The van der Waals surface area contributed by atoms with Crippen LogP contribution in [-0.4, -0.2) is 9.78 Å². The molecule has 1 saturated carbocycles. The van der Waals surface area contributed by atoms with Crippen molar-refractivity contribution in [3.8, 4) is 6.07 Å². The van der Waals surface area contributed by atoms with Crippen LogP contribution in [-0.2, 0) is 7.05 Å². The Labute approximate surface area is 98.2 Å². The van der Waals surface area contributed by atoms with Crippen molar-refractivity contribution in [2.45, 2.75) is 38.0 Å². The van der Waals surface area contributed by atoms with Crippen molar-refractivity contribution in [3.05, 3.63) is 15.9 Å². The molecule has 0 bridgehead atoms. The summed E-state index contributed by atoms with van der Waals surface area (Å²) >= 11 is 3.49. The van der Waals surface area contributed by atoms with Gasteiger partial charge in [0.2, 0.25) is 0 Å². The summed E-state index contributed by atoms with van der Waals surface area (Å²) in [4.78, 5) is 0. The molecular weight excluding hydrogens is 254 g/mol. The quantitative estimate of drug-likeness (QED) is 0.785. The summed E-state index contributed by atoms with van der Waals surface area (Å²) < 4.78 is 2.76. The zero-order chi connectivity index (χ0) is 10.8. The van der Waals surface area contributed by atoms with Gasteiger partial charge in [-0.15, -0.1) is 0 Å². The Kier molecular flexibility index (Phi) is 3.11. The topological polar surface area (TPSA) is 41.6 Å². The molecule has 15 heavy (non-hydrogen) atoms. The standard InChI is InChI=1S/C11H14BrN3/c1-15-11(8-5-3-2-4-6-8)10(12)9(7-13)14-15/h8H,2-6H2,1H3. The van der Waals surface area contributed by atoms with Gasteiger partial charge in [0, 0.05) is 13.0 Å². The molecule has 80 valence electrons. The van der Waals surface area contributed by atoms with Crippen molar-refractivity contribution in [2.75, 3.05) is 0 Å². The number of hydrogen-bond acceptors (Lipinski definition) is 2. The van der Waals surface area contributed by atoms with Gasteiger partial charge in [-0.3, -0.25) is 4.68 Å². The zero-order valence-electron chi connectivity index (χ0n) is 8.83. The highest BCUT2D eigenvalue weighted by molar-refractivity contribution is 9.10. The van der Waals surface area contributed by atoms with Gasteiger partial charge in [0.1, 0.15) is 6.07 Å². The Morgan fingerprint density at radius 1 is 1.40 bits per heavy atom. The van der Waals surface area contributed by atoms with E-state index >= 15 is 0 Å². The Balaban J connectivity index is 2.34. The lowest BCUT2D eigenvalue weighted by atomic mass is 9.87. The lowest BCUT2D eigenvalue weighted by Crippen LogP contribution is -2.09. The van der Waals surface area contributed by atoms with E-state index in [9.17, 15) is 0 Å². The van der Waals surface area contributed by atoms with E-state index in [1.807, 2.05) is 11.7 Å². The highest BCUT2D eigenvalue weighted by Gasteiger charge is 2.23. The molecule has 1 aromatic heterocycles. The molecule has 0 N–H and O–H groups in total. The minimum atomic E-state index is 0.512. The van der Waals surface area contributed by atoms with Gasteiger partial charge in [-0.2, -0.15) is 10.4 Å². The molecule has 1 aromatic rings. The first-order valence-electron chi connectivity index (χ1n) is 5.36. The van der Waals surface area contributed by atoms with Crippen molar-refractivity contribution in [2.24, 2.45) is 7.05 Å². The smallest absolute Gasteiger partial charge is 0.176 e. The van der Waals surface area contributed by atoms with Gasteiger partial charge >= 0.3 is 0 Å². The lowest BCUT2D eigenvalue weighted by Gasteiger charge is -2.22. The first-order valence-corrected chi connectivity index (χ1v) is 6.16. The fourth-order valence-corrected chi connectivity index (χ4v) is 3.15. The summed E-state index contributed by atoms with van der Waals surface area (Å²) in [5.74, 6) is 0.577. The maximum atomic E-state index is 8.90. The van der Waals surface area contributed by atoms with Crippen LogP contribution in [0.1, 0.15) is 49.4 Å². The van der Waals surface area contributed by atoms with E-state index in [0.29, 0.717) is 11.6 Å². The summed E-state index contributed by atoms with van der Waals surface area (Å²) in [6, 6.07) is 2.12. The maximum Gasteiger partial charge on any atom is 0.176 e. The number of nitrogens with zero attached hydrogens (tertiary/aromatic N) is 3. The van der Waals surface area contributed by atoms with Crippen molar-refractivity contribution in [1.82, 2.24) is 9.78 Å². The van der Waals surface area contributed by atoms with Crippen molar-refractivity contribution in [3.63, 3.8) is 0 Å². The van der Waals surface area contributed by atoms with Crippen LogP contribution >= 0.6 is 15.9 Å². The third-order valence-electron chi connectivity index (χ3n) is 3.13. The molecule has 0 radical (unpaired) electrons. The molecule has 2 rings (SSSR count). The molecule has 0 aromatic carbocycles. The lowest BCUT2D eigenvalue weighted by molar-refractivity contribution is 0.423. The molecule has 0 spiro atoms. The molecule has 1 aliphatic carbocycles. The van der Waals surface area contributed by atoms with Crippen LogP contribution in [0.2, 0.25) is 0 Å². The molecule has 1 aliphatic rings. The van der Waals surface area contributed by atoms with Crippen LogP contribution < -0.4 is 0 Å². The highest BCUT2D eigenvalue weighted by Crippen LogP contribution is 2.37. The first kappa shape index (κ1) is 10.7. The maximum absolute atomic E-state index is 8.90. The van der Waals surface area contributed by atoms with Gasteiger partial charge in [-0.1, -0.05) is 19.3 Å². The largest absolute Gasteiger partial charge is 0.270 e. The van der Waals surface area contributed by atoms with Gasteiger partial charge in [-0.25, -0.2) is 0 Å². The molecule has 3 nitrogen and oxygen atoms in total. The Bertz CT molecular complexity index is 397. The normalized spacial score (nSPS) is 17.7. The second-order valence-electron chi connectivity index (χ2n) is 4.12. The fraction of sp³-hybridized carbons (Fsp3) is 0.636. The number of halogens is 1. The number of nitriles is 1. The molecule has 0 amide bonds. The van der Waals surface area contributed by atoms with E-state index in [0.717, 1.165) is 4.47 Å². The predicted molar refractivity (Wildman–Crippen MR) is 61.4 cm³/mol. The SMILES string of the molecule is Cn1nc(C#N)c(Br)c1C1CCCCC1. The summed E-state index contributed by atoms with van der Waals surface area (Å²) in [7, 11) is 1.93. The number of rotatable bonds is 1. The van der Waals surface area contributed by atoms with E-state index in [-0.39, 0.29) is 0 Å². The molecule has 1 heterocycles. The summed E-state index contributed by atoms with van der Waals surface area (Å²) in [6.07, 6.45) is 6.39. The van der Waals surface area contributed by atoms with E-state index in [1.165, 1.54) is 37.8 Å². The minimum Gasteiger partial charge on any atom is -0.270 e. The van der Waals surface area contributed by atoms with Crippen molar-refractivity contribution < 1.29 is 0 Å². The molecule has 0 unspecified atom stereocenters. The molecule has 0 saturated heterocycles. The van der Waals surface area contributed by atoms with Gasteiger partial charge in [0.25, 0.3) is 0 Å². The van der Waals surface area contributed by atoms with Gasteiger partial charge in [0.05, 0.1) is 10.2 Å². The van der Waals surface area contributed by atoms with Crippen molar-refractivity contribution in [1.29, 1.82) is 5.26 Å². The third kappa shape index (κ3) is 1.93. The summed E-state index contributed by atoms with van der Waals surface area (Å²) in [5, 5.41) is 13.1. The number of hydrogen-bond donors (Lipinski definition) is 0. The van der Waals surface area contributed by atoms with Crippen LogP contribution in [0.4, 0.5) is 0 Å². The molecule has 1 fully saturated rings. The molecular formula is C11H14BrN3. The van der Waals surface area contributed by atoms with E-state index in [2.05, 4.69) is 27.1 Å². The van der Waals surface area contributed by atoms with E-state index < -0.39 is 0 Å². The monoisotopic (exact) mass is 267 g/mol. The highest BCUT2D eigenvalue weighted by atomic mass is 79.9. The van der Waals surface area contributed by atoms with Crippen LogP contribution in [0.15, 0.2) is 4.47 Å². The molecule has 0 aliphatic heterocycles. The second-order valence-corrected chi connectivity index (χ2v) is 4.91. The first-order chi connectivity index (χ1) is 7.24. The van der Waals surface area contributed by atoms with Crippen molar-refractivity contribution >= 4 is 15.9 Å². The molecule has 4 heteroatoms. The molecule has 0 atom stereocenters. The summed E-state index contributed by atoms with van der Waals surface area (Å²) in [5.41, 5.74) is 1.71. The summed E-state index contributed by atoms with van der Waals surface area (Å²) in [6.45, 7) is 0. The van der Waals surface area contributed by atoms with E-state index in [4.69, 9.17) is 5.26 Å². The second kappa shape index (κ2) is 4.36. The van der Waals surface area contributed by atoms with Crippen LogP contribution in [0.25, 0.3) is 0 Å². The predicted octanol–water partition coefficient (Wildman–Crippen LogP) is 3.10. The third-order valence-corrected chi connectivity index (χ3v) is 3.91. The van der Waals surface area contributed by atoms with Crippen LogP contribution in [0.3, 0.4) is 0 Å². The van der Waals surface area contributed by atoms with Crippen LogP contribution in [0.5, 0.6) is 0 Å². The number of aromatic nitrogens is 2. The minimum absolute atomic E-state index is 0.512. The zero-order valence-corrected chi connectivity index (χ0v) is 10.4. The van der Waals surface area contributed by atoms with E-state index in [1.54, 1.807) is 0 Å². The average Bonchev–Trinajstić information content (AvgIpc) is 2.55. The van der Waals surface area contributed by atoms with Gasteiger partial charge < -0.3 is 0 Å². The average molecular weight is 268 g/mol. The Hall–Kier alpha value is -0.820. The fourth-order valence-electron chi connectivity index (χ4n) is 2.40. The van der Waals surface area contributed by atoms with Crippen LogP contribution in [0, 0.1) is 11.3 Å². The number of aryl methyl sites for hydroxylation is 1. The Morgan fingerprint density at radius 2 is 2.07 bits per heavy atom. The van der Waals surface area contributed by atoms with Gasteiger partial charge in [-0.05, 0) is 28.8 Å². The Morgan fingerprint density at radius 3 is 2.60 bits per heavy atom. The van der Waals surface area contributed by atoms with Gasteiger partial charge in [0.15, 0.2) is 5.69 Å².